The lowest BCUT2D eigenvalue weighted by atomic mass is 10.1. The van der Waals surface area contributed by atoms with Crippen LogP contribution in [0, 0.1) is 18.3 Å². The van der Waals surface area contributed by atoms with Gasteiger partial charge < -0.3 is 4.89 Å². The average Bonchev–Trinajstić information content (AvgIpc) is 2.08. The molecule has 0 bridgehead atoms. The van der Waals surface area contributed by atoms with Gasteiger partial charge in [0, 0.05) is 17.7 Å². The third-order valence-electron chi connectivity index (χ3n) is 2.03. The Morgan fingerprint density at radius 3 is 2.60 bits per heavy atom. The summed E-state index contributed by atoms with van der Waals surface area (Å²) in [6.07, 6.45) is 6.17. The Kier molecular flexibility index (Phi) is 1.90. The summed E-state index contributed by atoms with van der Waals surface area (Å²) >= 11 is 0. The molecule has 0 radical (unpaired) electrons. The summed E-state index contributed by atoms with van der Waals surface area (Å²) in [6, 6.07) is 0. The van der Waals surface area contributed by atoms with Gasteiger partial charge >= 0.3 is 0 Å². The van der Waals surface area contributed by atoms with E-state index in [-0.39, 0.29) is 11.6 Å². The molecule has 3 heteroatoms. The van der Waals surface area contributed by atoms with Crippen LogP contribution in [-0.4, -0.2) is 16.7 Å². The lowest BCUT2D eigenvalue weighted by molar-refractivity contribution is 0.475. The van der Waals surface area contributed by atoms with Gasteiger partial charge in [0.05, 0.1) is 0 Å². The van der Waals surface area contributed by atoms with Gasteiger partial charge in [-0.15, -0.1) is 12.3 Å². The van der Waals surface area contributed by atoms with Gasteiger partial charge in [-0.3, -0.25) is 4.57 Å². The second-order valence-electron chi connectivity index (χ2n) is 2.89. The third kappa shape index (κ3) is 1.26. The summed E-state index contributed by atoms with van der Waals surface area (Å²) in [5.41, 5.74) is -0.0893. The quantitative estimate of drug-likeness (QED) is 0.426. The van der Waals surface area contributed by atoms with E-state index in [9.17, 15) is 9.46 Å². The number of hydrogen-bond donors (Lipinski definition) is 1. The monoisotopic (exact) mass is 158 g/mol. The van der Waals surface area contributed by atoms with Crippen LogP contribution in [0.3, 0.4) is 0 Å². The van der Waals surface area contributed by atoms with Gasteiger partial charge in [0.15, 0.2) is 0 Å². The van der Waals surface area contributed by atoms with Crippen LogP contribution in [0.25, 0.3) is 0 Å². The van der Waals surface area contributed by atoms with Gasteiger partial charge in [0.1, 0.15) is 0 Å². The molecule has 1 heterocycles. The maximum Gasteiger partial charge on any atom is 0.204 e. The molecule has 0 aromatic rings. The molecular weight excluding hydrogens is 147 g/mol. The predicted molar refractivity (Wildman–Crippen MR) is 41.1 cm³/mol. The standard InChI is InChI=1S/C7H11O2P/c1-3-7-4-6(2)10(8,9)5-7/h1,6-7H,4-5H2,2H3,(H,8,9). The van der Waals surface area contributed by atoms with E-state index < -0.39 is 7.37 Å². The molecule has 1 N–H and O–H groups in total. The first kappa shape index (κ1) is 7.85. The van der Waals surface area contributed by atoms with Crippen LogP contribution in [0.2, 0.25) is 0 Å². The van der Waals surface area contributed by atoms with Gasteiger partial charge in [-0.05, 0) is 6.42 Å². The molecule has 3 atom stereocenters. The predicted octanol–water partition coefficient (Wildman–Crippen LogP) is 1.30. The number of rotatable bonds is 0. The van der Waals surface area contributed by atoms with Crippen LogP contribution in [-0.2, 0) is 4.57 Å². The van der Waals surface area contributed by atoms with E-state index in [1.165, 1.54) is 0 Å². The van der Waals surface area contributed by atoms with Crippen molar-refractivity contribution in [1.82, 2.24) is 0 Å². The van der Waals surface area contributed by atoms with Crippen molar-refractivity contribution in [3.63, 3.8) is 0 Å². The molecule has 1 saturated heterocycles. The fraction of sp³-hybridized carbons (Fsp3) is 0.714. The maximum atomic E-state index is 11.2. The zero-order chi connectivity index (χ0) is 7.78. The minimum atomic E-state index is -2.85. The van der Waals surface area contributed by atoms with E-state index in [4.69, 9.17) is 6.42 Å². The highest BCUT2D eigenvalue weighted by Crippen LogP contribution is 2.55. The second kappa shape index (κ2) is 2.42. The molecule has 1 aliphatic heterocycles. The first-order chi connectivity index (χ1) is 4.56. The summed E-state index contributed by atoms with van der Waals surface area (Å²) in [5.74, 6) is 2.55. The largest absolute Gasteiger partial charge is 0.344 e. The van der Waals surface area contributed by atoms with Crippen LogP contribution < -0.4 is 0 Å². The molecule has 56 valence electrons. The molecule has 0 aromatic heterocycles. The molecule has 1 fully saturated rings. The molecule has 0 spiro atoms. The molecule has 0 amide bonds. The lowest BCUT2D eigenvalue weighted by Crippen LogP contribution is -1.94. The van der Waals surface area contributed by atoms with Crippen molar-refractivity contribution in [2.75, 3.05) is 6.16 Å². The van der Waals surface area contributed by atoms with Gasteiger partial charge in [-0.2, -0.15) is 0 Å². The van der Waals surface area contributed by atoms with Crippen LogP contribution in [0.15, 0.2) is 0 Å². The van der Waals surface area contributed by atoms with Crippen LogP contribution in [0.5, 0.6) is 0 Å². The summed E-state index contributed by atoms with van der Waals surface area (Å²) in [7, 11) is -2.85. The molecule has 2 nitrogen and oxygen atoms in total. The van der Waals surface area contributed by atoms with Crippen LogP contribution >= 0.6 is 7.37 Å². The summed E-state index contributed by atoms with van der Waals surface area (Å²) < 4.78 is 11.2. The maximum absolute atomic E-state index is 11.2. The molecule has 3 unspecified atom stereocenters. The van der Waals surface area contributed by atoms with Crippen molar-refractivity contribution in [2.45, 2.75) is 19.0 Å². The highest BCUT2D eigenvalue weighted by molar-refractivity contribution is 7.59. The van der Waals surface area contributed by atoms with E-state index in [0.29, 0.717) is 12.6 Å². The molecule has 0 aromatic carbocycles. The summed E-state index contributed by atoms with van der Waals surface area (Å²) in [6.45, 7) is 1.79. The Morgan fingerprint density at radius 1 is 1.80 bits per heavy atom. The first-order valence-corrected chi connectivity index (χ1v) is 5.25. The van der Waals surface area contributed by atoms with E-state index in [1.807, 2.05) is 0 Å². The Balaban J connectivity index is 2.73. The van der Waals surface area contributed by atoms with E-state index in [2.05, 4.69) is 5.92 Å². The smallest absolute Gasteiger partial charge is 0.204 e. The van der Waals surface area contributed by atoms with Crippen molar-refractivity contribution in [1.29, 1.82) is 0 Å². The number of terminal acetylenes is 1. The van der Waals surface area contributed by atoms with Gasteiger partial charge in [0.25, 0.3) is 0 Å². The first-order valence-electron chi connectivity index (χ1n) is 3.34. The van der Waals surface area contributed by atoms with Crippen molar-refractivity contribution in [2.24, 2.45) is 5.92 Å². The minimum Gasteiger partial charge on any atom is -0.344 e. The summed E-state index contributed by atoms with van der Waals surface area (Å²) in [5, 5.41) is 0. The third-order valence-corrected chi connectivity index (χ3v) is 4.58. The topological polar surface area (TPSA) is 37.3 Å². The SMILES string of the molecule is C#CC1CC(C)P(=O)(O)C1. The average molecular weight is 158 g/mol. The van der Waals surface area contributed by atoms with E-state index in [0.717, 1.165) is 0 Å². The second-order valence-corrected chi connectivity index (χ2v) is 5.64. The van der Waals surface area contributed by atoms with Crippen molar-refractivity contribution < 1.29 is 9.46 Å². The van der Waals surface area contributed by atoms with Crippen LogP contribution in [0.4, 0.5) is 0 Å². The van der Waals surface area contributed by atoms with Crippen molar-refractivity contribution in [3.8, 4) is 12.3 Å². The fourth-order valence-electron chi connectivity index (χ4n) is 1.27. The Labute approximate surface area is 61.1 Å². The number of hydrogen-bond acceptors (Lipinski definition) is 1. The Hall–Kier alpha value is -0.250. The molecule has 0 aliphatic carbocycles. The molecule has 1 aliphatic rings. The fourth-order valence-corrected chi connectivity index (χ4v) is 3.10. The Morgan fingerprint density at radius 2 is 2.40 bits per heavy atom. The highest BCUT2D eigenvalue weighted by atomic mass is 31.2. The normalized spacial score (nSPS) is 46.9. The molecule has 1 rings (SSSR count). The van der Waals surface area contributed by atoms with Gasteiger partial charge in [-0.25, -0.2) is 0 Å². The minimum absolute atomic E-state index is 0.0332. The molecular formula is C7H11O2P. The van der Waals surface area contributed by atoms with Gasteiger partial charge in [-0.1, -0.05) is 6.92 Å². The van der Waals surface area contributed by atoms with E-state index >= 15 is 0 Å². The van der Waals surface area contributed by atoms with E-state index in [1.54, 1.807) is 6.92 Å². The lowest BCUT2D eigenvalue weighted by Gasteiger charge is -2.05. The van der Waals surface area contributed by atoms with Crippen molar-refractivity contribution >= 4 is 7.37 Å². The molecule has 0 saturated carbocycles. The summed E-state index contributed by atoms with van der Waals surface area (Å²) in [4.78, 5) is 9.22. The van der Waals surface area contributed by atoms with Gasteiger partial charge in [0.2, 0.25) is 7.37 Å². The Bertz CT molecular complexity index is 216. The zero-order valence-corrected chi connectivity index (χ0v) is 6.84. The van der Waals surface area contributed by atoms with Crippen molar-refractivity contribution in [3.05, 3.63) is 0 Å². The highest BCUT2D eigenvalue weighted by Gasteiger charge is 2.38. The van der Waals surface area contributed by atoms with Crippen LogP contribution in [0.1, 0.15) is 13.3 Å². The zero-order valence-electron chi connectivity index (χ0n) is 5.95. The molecule has 10 heavy (non-hydrogen) atoms.